The molecule has 0 aliphatic rings. The molecule has 2 heterocycles. The Kier molecular flexibility index (Phi) is 4.99. The van der Waals surface area contributed by atoms with Crippen molar-refractivity contribution in [1.82, 2.24) is 9.78 Å². The first-order valence-corrected chi connectivity index (χ1v) is 9.01. The molecule has 0 aliphatic carbocycles. The number of thiophene rings is 1. The maximum atomic E-state index is 13.0. The molecule has 6 heteroatoms. The van der Waals surface area contributed by atoms with Gasteiger partial charge in [0.15, 0.2) is 0 Å². The van der Waals surface area contributed by atoms with Gasteiger partial charge in [0.1, 0.15) is 11.5 Å². The van der Waals surface area contributed by atoms with Crippen molar-refractivity contribution < 1.29 is 9.18 Å². The molecule has 0 fully saturated rings. The van der Waals surface area contributed by atoms with E-state index in [4.69, 9.17) is 0 Å². The average molecular weight is 357 g/mol. The summed E-state index contributed by atoms with van der Waals surface area (Å²) in [5, 5.41) is 7.43. The molecule has 0 bridgehead atoms. The Balaban J connectivity index is 1.92. The summed E-state index contributed by atoms with van der Waals surface area (Å²) in [6, 6.07) is 9.65. The molecule has 0 spiro atoms. The Morgan fingerprint density at radius 2 is 1.96 bits per heavy atom. The van der Waals surface area contributed by atoms with Gasteiger partial charge in [-0.15, -0.1) is 11.3 Å². The van der Waals surface area contributed by atoms with Gasteiger partial charge in [0.05, 0.1) is 5.69 Å². The summed E-state index contributed by atoms with van der Waals surface area (Å²) in [6.07, 6.45) is 0.875. The molecule has 0 atom stereocenters. The van der Waals surface area contributed by atoms with E-state index in [2.05, 4.69) is 30.3 Å². The Hall–Kier alpha value is -2.47. The Morgan fingerprint density at radius 3 is 2.56 bits per heavy atom. The van der Waals surface area contributed by atoms with E-state index in [1.165, 1.54) is 21.9 Å². The monoisotopic (exact) mass is 357 g/mol. The van der Waals surface area contributed by atoms with Crippen LogP contribution >= 0.6 is 11.3 Å². The van der Waals surface area contributed by atoms with E-state index in [1.807, 2.05) is 13.0 Å². The lowest BCUT2D eigenvalue weighted by Gasteiger charge is -2.07. The van der Waals surface area contributed by atoms with Gasteiger partial charge >= 0.3 is 0 Å². The molecule has 0 radical (unpaired) electrons. The zero-order chi connectivity index (χ0) is 18.0. The molecule has 1 amide bonds. The maximum absolute atomic E-state index is 13.0. The number of amides is 1. The number of carbonyl (C=O) groups is 1. The minimum atomic E-state index is -0.334. The summed E-state index contributed by atoms with van der Waals surface area (Å²) in [6.45, 7) is 6.83. The average Bonchev–Trinajstić information content (AvgIpc) is 3.13. The Morgan fingerprint density at radius 1 is 1.24 bits per heavy atom. The fourth-order valence-electron chi connectivity index (χ4n) is 2.73. The number of nitrogens with zero attached hydrogens (tertiary/aromatic N) is 2. The summed E-state index contributed by atoms with van der Waals surface area (Å²) >= 11 is 1.72. The molecule has 1 aromatic carbocycles. The van der Waals surface area contributed by atoms with Crippen molar-refractivity contribution in [2.24, 2.45) is 0 Å². The fourth-order valence-corrected chi connectivity index (χ4v) is 3.66. The van der Waals surface area contributed by atoms with E-state index in [0.29, 0.717) is 17.9 Å². The highest BCUT2D eigenvalue weighted by Gasteiger charge is 2.18. The number of aryl methyl sites for hydroxylation is 3. The second-order valence-electron chi connectivity index (χ2n) is 5.93. The molecule has 3 rings (SSSR count). The second kappa shape index (κ2) is 7.19. The lowest BCUT2D eigenvalue weighted by atomic mass is 10.1. The van der Waals surface area contributed by atoms with Gasteiger partial charge in [0.25, 0.3) is 5.91 Å². The van der Waals surface area contributed by atoms with Crippen LogP contribution in [0.5, 0.6) is 0 Å². The van der Waals surface area contributed by atoms with E-state index in [1.54, 1.807) is 28.2 Å². The summed E-state index contributed by atoms with van der Waals surface area (Å²) in [5.74, 6) is -0.581. The number of rotatable bonds is 5. The Bertz CT molecular complexity index is 896. The molecule has 3 aromatic rings. The summed E-state index contributed by atoms with van der Waals surface area (Å²) in [7, 11) is 0. The number of hydrogen-bond acceptors (Lipinski definition) is 3. The highest BCUT2D eigenvalue weighted by Crippen LogP contribution is 2.30. The summed E-state index contributed by atoms with van der Waals surface area (Å²) in [4.78, 5) is 15.1. The van der Waals surface area contributed by atoms with Gasteiger partial charge in [-0.3, -0.25) is 9.48 Å². The smallest absolute Gasteiger partial charge is 0.273 e. The van der Waals surface area contributed by atoms with E-state index in [0.717, 1.165) is 17.7 Å². The second-order valence-corrected chi connectivity index (χ2v) is 7.39. The SMILES string of the molecule is CCCn1nc(-c2cc(C)sc2C)cc1C(=O)Nc1ccc(F)cc1. The zero-order valence-electron chi connectivity index (χ0n) is 14.5. The predicted octanol–water partition coefficient (Wildman–Crippen LogP) is 5.03. The number of nitrogens with one attached hydrogen (secondary N) is 1. The van der Waals surface area contributed by atoms with Crippen molar-refractivity contribution in [3.05, 3.63) is 57.7 Å². The molecule has 4 nitrogen and oxygen atoms in total. The number of halogens is 1. The summed E-state index contributed by atoms with van der Waals surface area (Å²) in [5.41, 5.74) is 2.93. The third kappa shape index (κ3) is 3.79. The van der Waals surface area contributed by atoms with Crippen LogP contribution < -0.4 is 5.32 Å². The van der Waals surface area contributed by atoms with Crippen LogP contribution in [0, 0.1) is 19.7 Å². The first-order valence-electron chi connectivity index (χ1n) is 8.20. The topological polar surface area (TPSA) is 46.9 Å². The van der Waals surface area contributed by atoms with Gasteiger partial charge in [-0.1, -0.05) is 6.92 Å². The predicted molar refractivity (Wildman–Crippen MR) is 99.7 cm³/mol. The van der Waals surface area contributed by atoms with E-state index in [-0.39, 0.29) is 11.7 Å². The molecule has 130 valence electrons. The molecule has 2 aromatic heterocycles. The van der Waals surface area contributed by atoms with Gasteiger partial charge in [0.2, 0.25) is 0 Å². The van der Waals surface area contributed by atoms with Crippen LogP contribution in [0.3, 0.4) is 0 Å². The highest BCUT2D eigenvalue weighted by molar-refractivity contribution is 7.12. The minimum Gasteiger partial charge on any atom is -0.321 e. The van der Waals surface area contributed by atoms with Crippen LogP contribution in [0.15, 0.2) is 36.4 Å². The van der Waals surface area contributed by atoms with Crippen LogP contribution in [0.1, 0.15) is 33.6 Å². The Labute approximate surface area is 150 Å². The van der Waals surface area contributed by atoms with E-state index >= 15 is 0 Å². The standard InChI is InChI=1S/C19H20FN3OS/c1-4-9-23-18(19(24)21-15-7-5-14(20)6-8-15)11-17(22-23)16-10-12(2)25-13(16)3/h5-8,10-11H,4,9H2,1-3H3,(H,21,24). The normalized spacial score (nSPS) is 10.9. The van der Waals surface area contributed by atoms with Gasteiger partial charge < -0.3 is 5.32 Å². The summed E-state index contributed by atoms with van der Waals surface area (Å²) < 4.78 is 14.8. The van der Waals surface area contributed by atoms with Crippen molar-refractivity contribution in [3.8, 4) is 11.3 Å². The molecular formula is C19H20FN3OS. The van der Waals surface area contributed by atoms with Crippen molar-refractivity contribution in [2.75, 3.05) is 5.32 Å². The van der Waals surface area contributed by atoms with Crippen LogP contribution in [0.25, 0.3) is 11.3 Å². The first-order chi connectivity index (χ1) is 12.0. The number of carbonyl (C=O) groups excluding carboxylic acids is 1. The van der Waals surface area contributed by atoms with Crippen LogP contribution in [0.2, 0.25) is 0 Å². The first kappa shape index (κ1) is 17.4. The fraction of sp³-hybridized carbons (Fsp3) is 0.263. The van der Waals surface area contributed by atoms with E-state index in [9.17, 15) is 9.18 Å². The van der Waals surface area contributed by atoms with Crippen molar-refractivity contribution in [1.29, 1.82) is 0 Å². The molecule has 25 heavy (non-hydrogen) atoms. The molecule has 0 saturated heterocycles. The van der Waals surface area contributed by atoms with Crippen molar-refractivity contribution in [2.45, 2.75) is 33.7 Å². The zero-order valence-corrected chi connectivity index (χ0v) is 15.3. The number of anilines is 1. The van der Waals surface area contributed by atoms with Crippen LogP contribution in [-0.2, 0) is 6.54 Å². The lowest BCUT2D eigenvalue weighted by Crippen LogP contribution is -2.17. The maximum Gasteiger partial charge on any atom is 0.273 e. The van der Waals surface area contributed by atoms with Gasteiger partial charge in [-0.05, 0) is 56.7 Å². The molecule has 1 N–H and O–H groups in total. The van der Waals surface area contributed by atoms with Crippen molar-refractivity contribution in [3.63, 3.8) is 0 Å². The highest BCUT2D eigenvalue weighted by atomic mass is 32.1. The van der Waals surface area contributed by atoms with Gasteiger partial charge in [-0.25, -0.2) is 4.39 Å². The van der Waals surface area contributed by atoms with Crippen molar-refractivity contribution >= 4 is 22.9 Å². The quantitative estimate of drug-likeness (QED) is 0.696. The third-order valence-corrected chi connectivity index (χ3v) is 4.83. The molecule has 0 unspecified atom stereocenters. The minimum absolute atomic E-state index is 0.247. The molecule has 0 aliphatic heterocycles. The van der Waals surface area contributed by atoms with Gasteiger partial charge in [0, 0.05) is 27.5 Å². The largest absolute Gasteiger partial charge is 0.321 e. The molecular weight excluding hydrogens is 337 g/mol. The molecule has 0 saturated carbocycles. The lowest BCUT2D eigenvalue weighted by molar-refractivity contribution is 0.101. The number of hydrogen-bond donors (Lipinski definition) is 1. The van der Waals surface area contributed by atoms with Gasteiger partial charge in [-0.2, -0.15) is 5.10 Å². The number of benzene rings is 1. The van der Waals surface area contributed by atoms with Crippen LogP contribution in [-0.4, -0.2) is 15.7 Å². The van der Waals surface area contributed by atoms with E-state index < -0.39 is 0 Å². The third-order valence-electron chi connectivity index (χ3n) is 3.87. The van der Waals surface area contributed by atoms with Crippen LogP contribution in [0.4, 0.5) is 10.1 Å². The number of aromatic nitrogens is 2.